The first kappa shape index (κ1) is 20.8. The fourth-order valence-corrected chi connectivity index (χ4v) is 2.67. The van der Waals surface area contributed by atoms with Crippen LogP contribution < -0.4 is 11.8 Å². The Hall–Kier alpha value is -0.160. The molecule has 4 N–H and O–H groups in total. The molecule has 0 aromatic rings. The summed E-state index contributed by atoms with van der Waals surface area (Å²) in [6.45, 7) is 1.42. The maximum atomic E-state index is 4.99. The summed E-state index contributed by atoms with van der Waals surface area (Å²) >= 11 is 0. The van der Waals surface area contributed by atoms with Crippen LogP contribution in [0.4, 0.5) is 0 Å². The molecule has 0 aliphatic carbocycles. The van der Waals surface area contributed by atoms with Crippen molar-refractivity contribution in [3.05, 3.63) is 0 Å². The van der Waals surface area contributed by atoms with E-state index in [0.717, 1.165) is 12.8 Å². The molecule has 4 heteroatoms. The van der Waals surface area contributed by atoms with Gasteiger partial charge in [-0.25, -0.2) is 11.8 Å². The summed E-state index contributed by atoms with van der Waals surface area (Å²) in [5, 5.41) is 0. The zero-order chi connectivity index (χ0) is 15.4. The third-order valence-corrected chi connectivity index (χ3v) is 4.02. The van der Waals surface area contributed by atoms with Crippen LogP contribution in [0.2, 0.25) is 0 Å². The second kappa shape index (κ2) is 19.8. The minimum absolute atomic E-state index is 0.709. The summed E-state index contributed by atoms with van der Waals surface area (Å²) in [5.41, 5.74) is 0. The summed E-state index contributed by atoms with van der Waals surface area (Å²) < 4.78 is 0. The van der Waals surface area contributed by atoms with E-state index < -0.39 is 0 Å². The van der Waals surface area contributed by atoms with Gasteiger partial charge >= 0.3 is 0 Å². The van der Waals surface area contributed by atoms with Gasteiger partial charge in [-0.1, -0.05) is 83.5 Å². The SMILES string of the molecule is NOCCCCCCCCCCCCCCCCCON. The Morgan fingerprint density at radius 2 is 0.524 bits per heavy atom. The highest BCUT2D eigenvalue weighted by Crippen LogP contribution is 2.13. The Morgan fingerprint density at radius 1 is 0.333 bits per heavy atom. The first-order valence-electron chi connectivity index (χ1n) is 9.05. The Balaban J connectivity index is 2.90. The minimum atomic E-state index is 0.709. The molecule has 0 aromatic carbocycles. The number of unbranched alkanes of at least 4 members (excludes halogenated alkanes) is 14. The van der Waals surface area contributed by atoms with Crippen molar-refractivity contribution in [3.63, 3.8) is 0 Å². The molecule has 4 nitrogen and oxygen atoms in total. The molecule has 0 unspecified atom stereocenters. The van der Waals surface area contributed by atoms with Gasteiger partial charge in [0.1, 0.15) is 0 Å². The van der Waals surface area contributed by atoms with Crippen LogP contribution in [-0.4, -0.2) is 13.2 Å². The highest BCUT2D eigenvalue weighted by atomic mass is 16.6. The molecular weight excluding hydrogens is 264 g/mol. The zero-order valence-electron chi connectivity index (χ0n) is 14.0. The summed E-state index contributed by atoms with van der Waals surface area (Å²) in [5.74, 6) is 9.97. The molecule has 21 heavy (non-hydrogen) atoms. The summed E-state index contributed by atoms with van der Waals surface area (Å²) in [6, 6.07) is 0. The molecule has 0 aliphatic rings. The van der Waals surface area contributed by atoms with Crippen LogP contribution in [0, 0.1) is 0 Å². The standard InChI is InChI=1S/C17H38N2O2/c18-20-16-14-12-10-8-6-4-2-1-3-5-7-9-11-13-15-17-21-19/h1-19H2. The maximum Gasteiger partial charge on any atom is 0.0679 e. The van der Waals surface area contributed by atoms with Gasteiger partial charge in [-0.2, -0.15) is 0 Å². The molecule has 0 heterocycles. The summed E-state index contributed by atoms with van der Waals surface area (Å²) in [7, 11) is 0. The molecule has 128 valence electrons. The van der Waals surface area contributed by atoms with Gasteiger partial charge in [0.2, 0.25) is 0 Å². The Morgan fingerprint density at radius 3 is 0.714 bits per heavy atom. The van der Waals surface area contributed by atoms with Crippen LogP contribution in [-0.2, 0) is 9.68 Å². The molecule has 0 spiro atoms. The van der Waals surface area contributed by atoms with Crippen molar-refractivity contribution in [1.82, 2.24) is 0 Å². The van der Waals surface area contributed by atoms with Gasteiger partial charge in [0.25, 0.3) is 0 Å². The number of nitrogens with two attached hydrogens (primary N) is 2. The van der Waals surface area contributed by atoms with E-state index in [1.165, 1.54) is 83.5 Å². The van der Waals surface area contributed by atoms with Crippen molar-refractivity contribution in [2.45, 2.75) is 96.3 Å². The van der Waals surface area contributed by atoms with Gasteiger partial charge in [-0.05, 0) is 12.8 Å². The molecule has 0 fully saturated rings. The number of rotatable bonds is 18. The number of hydrogen-bond acceptors (Lipinski definition) is 4. The molecule has 0 aromatic heterocycles. The lowest BCUT2D eigenvalue weighted by atomic mass is 10.0. The fourth-order valence-electron chi connectivity index (χ4n) is 2.67. The van der Waals surface area contributed by atoms with Crippen molar-refractivity contribution in [2.24, 2.45) is 11.8 Å². The minimum Gasteiger partial charge on any atom is -0.305 e. The van der Waals surface area contributed by atoms with Gasteiger partial charge in [-0.15, -0.1) is 0 Å². The Bertz CT molecular complexity index is 162. The van der Waals surface area contributed by atoms with Gasteiger partial charge in [0.15, 0.2) is 0 Å². The second-order valence-electron chi connectivity index (χ2n) is 6.04. The van der Waals surface area contributed by atoms with Gasteiger partial charge in [0.05, 0.1) is 13.2 Å². The smallest absolute Gasteiger partial charge is 0.0679 e. The topological polar surface area (TPSA) is 70.5 Å². The van der Waals surface area contributed by atoms with Gasteiger partial charge in [-0.3, -0.25) is 0 Å². The van der Waals surface area contributed by atoms with Crippen molar-refractivity contribution < 1.29 is 9.68 Å². The Labute approximate surface area is 131 Å². The molecule has 0 aliphatic heterocycles. The van der Waals surface area contributed by atoms with Gasteiger partial charge in [0, 0.05) is 0 Å². The number of hydrogen-bond donors (Lipinski definition) is 2. The van der Waals surface area contributed by atoms with E-state index in [1.54, 1.807) is 0 Å². The molecule has 0 bridgehead atoms. The van der Waals surface area contributed by atoms with Crippen LogP contribution in [0.1, 0.15) is 96.3 Å². The molecule has 0 atom stereocenters. The van der Waals surface area contributed by atoms with Crippen molar-refractivity contribution in [2.75, 3.05) is 13.2 Å². The molecule has 0 radical (unpaired) electrons. The largest absolute Gasteiger partial charge is 0.305 e. The predicted octanol–water partition coefficient (Wildman–Crippen LogP) is 4.62. The third kappa shape index (κ3) is 19.8. The highest BCUT2D eigenvalue weighted by Gasteiger charge is 1.94. The predicted molar refractivity (Wildman–Crippen MR) is 89.5 cm³/mol. The van der Waals surface area contributed by atoms with E-state index in [-0.39, 0.29) is 0 Å². The van der Waals surface area contributed by atoms with Crippen molar-refractivity contribution >= 4 is 0 Å². The quantitative estimate of drug-likeness (QED) is 0.286. The average molecular weight is 303 g/mol. The highest BCUT2D eigenvalue weighted by molar-refractivity contribution is 4.49. The maximum absolute atomic E-state index is 4.99. The monoisotopic (exact) mass is 302 g/mol. The van der Waals surface area contributed by atoms with Crippen LogP contribution in [0.5, 0.6) is 0 Å². The molecular formula is C17H38N2O2. The van der Waals surface area contributed by atoms with Crippen LogP contribution >= 0.6 is 0 Å². The lowest BCUT2D eigenvalue weighted by molar-refractivity contribution is 0.133. The molecule has 0 saturated heterocycles. The van der Waals surface area contributed by atoms with Crippen molar-refractivity contribution in [3.8, 4) is 0 Å². The van der Waals surface area contributed by atoms with E-state index in [9.17, 15) is 0 Å². The Kier molecular flexibility index (Phi) is 19.7. The molecule has 0 saturated carbocycles. The second-order valence-corrected chi connectivity index (χ2v) is 6.04. The van der Waals surface area contributed by atoms with Gasteiger partial charge < -0.3 is 9.68 Å². The van der Waals surface area contributed by atoms with E-state index >= 15 is 0 Å². The van der Waals surface area contributed by atoms with E-state index in [0.29, 0.717) is 13.2 Å². The zero-order valence-corrected chi connectivity index (χ0v) is 14.0. The van der Waals surface area contributed by atoms with Crippen LogP contribution in [0.15, 0.2) is 0 Å². The van der Waals surface area contributed by atoms with Crippen LogP contribution in [0.25, 0.3) is 0 Å². The molecule has 0 rings (SSSR count). The lowest BCUT2D eigenvalue weighted by Gasteiger charge is -2.03. The van der Waals surface area contributed by atoms with E-state index in [4.69, 9.17) is 11.8 Å². The lowest BCUT2D eigenvalue weighted by Crippen LogP contribution is -2.00. The molecule has 0 amide bonds. The first-order chi connectivity index (χ1) is 10.4. The average Bonchev–Trinajstić information content (AvgIpc) is 2.50. The summed E-state index contributed by atoms with van der Waals surface area (Å²) in [4.78, 5) is 9.11. The van der Waals surface area contributed by atoms with Crippen LogP contribution in [0.3, 0.4) is 0 Å². The normalized spacial score (nSPS) is 11.1. The van der Waals surface area contributed by atoms with E-state index in [1.807, 2.05) is 0 Å². The third-order valence-electron chi connectivity index (χ3n) is 4.02. The summed E-state index contributed by atoms with van der Waals surface area (Å²) in [6.07, 6.45) is 20.0. The van der Waals surface area contributed by atoms with E-state index in [2.05, 4.69) is 9.68 Å². The first-order valence-corrected chi connectivity index (χ1v) is 9.05. The fraction of sp³-hybridized carbons (Fsp3) is 1.00. The van der Waals surface area contributed by atoms with Crippen molar-refractivity contribution in [1.29, 1.82) is 0 Å².